The average Bonchev–Trinajstić information content (AvgIpc) is 2.18. The number of nitrogens with zero attached hydrogens (tertiary/aromatic N) is 1. The quantitative estimate of drug-likeness (QED) is 0.491. The highest BCUT2D eigenvalue weighted by Gasteiger charge is 2.54. The summed E-state index contributed by atoms with van der Waals surface area (Å²) in [4.78, 5) is 0. The Morgan fingerprint density at radius 2 is 1.27 bits per heavy atom. The molecule has 1 rings (SSSR count). The molecule has 0 aromatic carbocycles. The second kappa shape index (κ2) is 3.79. The maximum absolute atomic E-state index is 3.90. The second-order valence-electron chi connectivity index (χ2n) is 6.37. The molecule has 0 aromatic heterocycles. The van der Waals surface area contributed by atoms with Gasteiger partial charge in [-0.3, -0.25) is 0 Å². The minimum absolute atomic E-state index is 0.402. The third kappa shape index (κ3) is 2.17. The first-order chi connectivity index (χ1) is 6.79. The van der Waals surface area contributed by atoms with Crippen molar-refractivity contribution in [3.05, 3.63) is 25.3 Å². The molecular weight excluding hydrogens is 182 g/mol. The van der Waals surface area contributed by atoms with E-state index in [9.17, 15) is 0 Å². The van der Waals surface area contributed by atoms with Crippen LogP contribution in [0.15, 0.2) is 25.3 Å². The summed E-state index contributed by atoms with van der Waals surface area (Å²) in [5.41, 5.74) is 0.804. The topological polar surface area (TPSA) is 0 Å². The monoisotopic (exact) mass is 208 g/mol. The molecule has 1 heteroatoms. The second-order valence-corrected chi connectivity index (χ2v) is 6.37. The average molecular weight is 208 g/mol. The normalized spacial score (nSPS) is 26.1. The van der Waals surface area contributed by atoms with E-state index < -0.39 is 0 Å². The predicted molar refractivity (Wildman–Crippen MR) is 67.7 cm³/mol. The summed E-state index contributed by atoms with van der Waals surface area (Å²) in [7, 11) is 0. The molecule has 1 heterocycles. The number of hydrogen-bond acceptors (Lipinski definition) is 0. The minimum atomic E-state index is 0.402. The van der Waals surface area contributed by atoms with E-state index in [4.69, 9.17) is 0 Å². The lowest BCUT2D eigenvalue weighted by molar-refractivity contribution is -0.910. The van der Waals surface area contributed by atoms with Crippen LogP contribution in [0.2, 0.25) is 0 Å². The van der Waals surface area contributed by atoms with Crippen molar-refractivity contribution in [2.75, 3.05) is 26.2 Å². The fraction of sp³-hybridized carbons (Fsp3) is 0.714. The zero-order chi connectivity index (χ0) is 11.7. The molecule has 1 aliphatic rings. The van der Waals surface area contributed by atoms with Crippen molar-refractivity contribution in [3.8, 4) is 0 Å². The van der Waals surface area contributed by atoms with Gasteiger partial charge in [-0.25, -0.2) is 0 Å². The highest BCUT2D eigenvalue weighted by Crippen LogP contribution is 2.48. The molecule has 1 nitrogen and oxygen atoms in total. The van der Waals surface area contributed by atoms with Crippen LogP contribution in [0.25, 0.3) is 0 Å². The van der Waals surface area contributed by atoms with Crippen LogP contribution in [0.1, 0.15) is 27.7 Å². The van der Waals surface area contributed by atoms with Gasteiger partial charge in [-0.15, -0.1) is 0 Å². The first-order valence-electron chi connectivity index (χ1n) is 5.86. The molecule has 0 radical (unpaired) electrons. The molecule has 0 aliphatic carbocycles. The first kappa shape index (κ1) is 12.5. The van der Waals surface area contributed by atoms with E-state index in [-0.39, 0.29) is 0 Å². The van der Waals surface area contributed by atoms with Crippen LogP contribution < -0.4 is 0 Å². The summed E-state index contributed by atoms with van der Waals surface area (Å²) in [5, 5.41) is 0. The Kier molecular flexibility index (Phi) is 3.16. The number of rotatable bonds is 4. The smallest absolute Gasteiger partial charge is 0.0973 e. The van der Waals surface area contributed by atoms with Crippen LogP contribution in [0, 0.1) is 10.8 Å². The van der Waals surface area contributed by atoms with Gasteiger partial charge < -0.3 is 4.48 Å². The largest absolute Gasteiger partial charge is 0.316 e. The van der Waals surface area contributed by atoms with E-state index in [0.29, 0.717) is 10.8 Å². The Morgan fingerprint density at radius 1 is 0.933 bits per heavy atom. The van der Waals surface area contributed by atoms with Crippen molar-refractivity contribution in [3.63, 3.8) is 0 Å². The molecule has 1 saturated heterocycles. The summed E-state index contributed by atoms with van der Waals surface area (Å²) in [6.45, 7) is 22.0. The lowest BCUT2D eigenvalue weighted by Gasteiger charge is -2.33. The zero-order valence-electron chi connectivity index (χ0n) is 10.8. The van der Waals surface area contributed by atoms with Crippen LogP contribution in [0.3, 0.4) is 0 Å². The van der Waals surface area contributed by atoms with Crippen LogP contribution in [0.5, 0.6) is 0 Å². The van der Waals surface area contributed by atoms with Gasteiger partial charge in [0.05, 0.1) is 26.2 Å². The Balaban J connectivity index is 2.96. The van der Waals surface area contributed by atoms with E-state index in [2.05, 4.69) is 53.0 Å². The highest BCUT2D eigenvalue weighted by atomic mass is 15.4. The molecule has 1 aliphatic heterocycles. The summed E-state index contributed by atoms with van der Waals surface area (Å²) >= 11 is 0. The zero-order valence-corrected chi connectivity index (χ0v) is 10.8. The van der Waals surface area contributed by atoms with Crippen LogP contribution in [-0.2, 0) is 0 Å². The lowest BCUT2D eigenvalue weighted by atomic mass is 9.71. The summed E-state index contributed by atoms with van der Waals surface area (Å²) in [6.07, 6.45) is 4.11. The summed E-state index contributed by atoms with van der Waals surface area (Å²) in [5.74, 6) is 0. The molecule has 0 N–H and O–H groups in total. The number of hydrogen-bond donors (Lipinski definition) is 0. The molecule has 15 heavy (non-hydrogen) atoms. The van der Waals surface area contributed by atoms with Crippen molar-refractivity contribution in [2.24, 2.45) is 10.8 Å². The molecule has 1 fully saturated rings. The van der Waals surface area contributed by atoms with Gasteiger partial charge in [-0.1, -0.05) is 40.9 Å². The number of likely N-dealkylation sites (tertiary alicyclic amines) is 1. The third-order valence-corrected chi connectivity index (χ3v) is 4.33. The van der Waals surface area contributed by atoms with Crippen molar-refractivity contribution >= 4 is 0 Å². The highest BCUT2D eigenvalue weighted by molar-refractivity contribution is 4.93. The predicted octanol–water partition coefficient (Wildman–Crippen LogP) is 3.24. The number of quaternary nitrogens is 1. The maximum atomic E-state index is 3.90. The molecular formula is C14H26N+. The van der Waals surface area contributed by atoms with Gasteiger partial charge in [0.1, 0.15) is 0 Å². The first-order valence-corrected chi connectivity index (χ1v) is 5.86. The fourth-order valence-corrected chi connectivity index (χ4v) is 3.04. The summed E-state index contributed by atoms with van der Waals surface area (Å²) in [6, 6.07) is 0. The minimum Gasteiger partial charge on any atom is -0.316 e. The van der Waals surface area contributed by atoms with Gasteiger partial charge in [-0.05, 0) is 12.2 Å². The Hall–Kier alpha value is -0.560. The van der Waals surface area contributed by atoms with Crippen LogP contribution in [0.4, 0.5) is 0 Å². The van der Waals surface area contributed by atoms with Crippen molar-refractivity contribution in [2.45, 2.75) is 27.7 Å². The van der Waals surface area contributed by atoms with E-state index in [1.54, 1.807) is 0 Å². The SMILES string of the molecule is C=CC[N+]1(CC=C)CC(C)(C)C(C)(C)C1. The molecule has 0 spiro atoms. The Labute approximate surface area is 95.1 Å². The van der Waals surface area contributed by atoms with Crippen LogP contribution >= 0.6 is 0 Å². The van der Waals surface area contributed by atoms with E-state index in [0.717, 1.165) is 17.6 Å². The van der Waals surface area contributed by atoms with Crippen LogP contribution in [-0.4, -0.2) is 30.7 Å². The lowest BCUT2D eigenvalue weighted by Crippen LogP contribution is -2.47. The van der Waals surface area contributed by atoms with Crippen molar-refractivity contribution in [1.29, 1.82) is 0 Å². The molecule has 86 valence electrons. The van der Waals surface area contributed by atoms with Gasteiger partial charge in [0.2, 0.25) is 0 Å². The molecule has 0 saturated carbocycles. The van der Waals surface area contributed by atoms with Crippen molar-refractivity contribution in [1.82, 2.24) is 0 Å². The van der Waals surface area contributed by atoms with Gasteiger partial charge in [0, 0.05) is 10.8 Å². The van der Waals surface area contributed by atoms with Gasteiger partial charge >= 0.3 is 0 Å². The van der Waals surface area contributed by atoms with Crippen molar-refractivity contribution < 1.29 is 4.48 Å². The van der Waals surface area contributed by atoms with E-state index in [1.807, 2.05) is 0 Å². The van der Waals surface area contributed by atoms with E-state index in [1.165, 1.54) is 13.1 Å². The Morgan fingerprint density at radius 3 is 1.53 bits per heavy atom. The molecule has 0 atom stereocenters. The van der Waals surface area contributed by atoms with Gasteiger partial charge in [-0.2, -0.15) is 0 Å². The summed E-state index contributed by atoms with van der Waals surface area (Å²) < 4.78 is 1.13. The Bertz CT molecular complexity index is 233. The van der Waals surface area contributed by atoms with E-state index >= 15 is 0 Å². The van der Waals surface area contributed by atoms with Gasteiger partial charge in [0.15, 0.2) is 0 Å². The van der Waals surface area contributed by atoms with Gasteiger partial charge in [0.25, 0.3) is 0 Å². The standard InChI is InChI=1S/C14H26N/c1-7-9-15(10-8-2)11-13(3,4)14(5,6)12-15/h7-8H,1-2,9-12H2,3-6H3/q+1. The maximum Gasteiger partial charge on any atom is 0.0973 e. The molecule has 0 unspecified atom stereocenters. The third-order valence-electron chi connectivity index (χ3n) is 4.33. The fourth-order valence-electron chi connectivity index (χ4n) is 3.04. The molecule has 0 aromatic rings. The molecule has 0 amide bonds. The molecule has 0 bridgehead atoms.